The highest BCUT2D eigenvalue weighted by atomic mass is 16.3. The van der Waals surface area contributed by atoms with Crippen molar-refractivity contribution in [2.75, 3.05) is 44.2 Å². The van der Waals surface area contributed by atoms with Crippen LogP contribution >= 0.6 is 0 Å². The summed E-state index contributed by atoms with van der Waals surface area (Å²) >= 11 is 0. The molecular weight excluding hydrogens is 400 g/mol. The molecule has 0 spiro atoms. The minimum Gasteiger partial charge on any atom is -0.468 e. The number of furan rings is 1. The summed E-state index contributed by atoms with van der Waals surface area (Å²) in [5.41, 5.74) is 1.19. The van der Waals surface area contributed by atoms with Crippen LogP contribution in [-0.2, 0) is 6.54 Å². The minimum absolute atomic E-state index is 0.229. The van der Waals surface area contributed by atoms with Crippen molar-refractivity contribution >= 4 is 11.8 Å². The van der Waals surface area contributed by atoms with Crippen molar-refractivity contribution in [3.63, 3.8) is 0 Å². The summed E-state index contributed by atoms with van der Waals surface area (Å²) in [4.78, 5) is 14.4. The highest BCUT2D eigenvalue weighted by Crippen LogP contribution is 2.25. The third kappa shape index (κ3) is 6.25. The molecule has 0 amide bonds. The van der Waals surface area contributed by atoms with Gasteiger partial charge in [0.1, 0.15) is 11.6 Å². The fraction of sp³-hybridized carbons (Fsp3) is 0.600. The Kier molecular flexibility index (Phi) is 8.42. The molecule has 1 atom stereocenters. The van der Waals surface area contributed by atoms with E-state index in [0.29, 0.717) is 6.54 Å². The molecule has 2 fully saturated rings. The number of nitrogens with one attached hydrogen (secondary N) is 2. The first-order valence-electron chi connectivity index (χ1n) is 12.3. The second kappa shape index (κ2) is 11.9. The summed E-state index contributed by atoms with van der Waals surface area (Å²) in [5.74, 6) is 2.95. The SMILES string of the molecule is CCNC(=NCc1ccnc(N2CCCCCC2)c1)NCC(c1ccco1)N1CCCC1. The quantitative estimate of drug-likeness (QED) is 0.481. The molecule has 7 heteroatoms. The van der Waals surface area contributed by atoms with Gasteiger partial charge in [0, 0.05) is 32.4 Å². The first-order valence-corrected chi connectivity index (χ1v) is 12.3. The lowest BCUT2D eigenvalue weighted by Gasteiger charge is -2.26. The van der Waals surface area contributed by atoms with Crippen LogP contribution in [0.3, 0.4) is 0 Å². The van der Waals surface area contributed by atoms with Gasteiger partial charge in [0.15, 0.2) is 5.96 Å². The van der Waals surface area contributed by atoms with Crippen LogP contribution < -0.4 is 15.5 Å². The van der Waals surface area contributed by atoms with Crippen LogP contribution in [0.25, 0.3) is 0 Å². The summed E-state index contributed by atoms with van der Waals surface area (Å²) in [6.07, 6.45) is 11.4. The van der Waals surface area contributed by atoms with Crippen LogP contribution in [0.15, 0.2) is 46.1 Å². The Labute approximate surface area is 192 Å². The number of hydrogen-bond acceptors (Lipinski definition) is 5. The maximum absolute atomic E-state index is 5.76. The van der Waals surface area contributed by atoms with Gasteiger partial charge in [0.05, 0.1) is 18.8 Å². The molecule has 2 N–H and O–H groups in total. The van der Waals surface area contributed by atoms with Crippen LogP contribution in [0.2, 0.25) is 0 Å². The number of pyridine rings is 1. The van der Waals surface area contributed by atoms with Gasteiger partial charge in [-0.15, -0.1) is 0 Å². The first kappa shape index (κ1) is 22.6. The summed E-state index contributed by atoms with van der Waals surface area (Å²) in [5, 5.41) is 6.95. The highest BCUT2D eigenvalue weighted by molar-refractivity contribution is 5.79. The zero-order chi connectivity index (χ0) is 22.0. The molecule has 4 rings (SSSR count). The van der Waals surface area contributed by atoms with Crippen molar-refractivity contribution in [1.29, 1.82) is 0 Å². The fourth-order valence-electron chi connectivity index (χ4n) is 4.68. The van der Waals surface area contributed by atoms with E-state index < -0.39 is 0 Å². The number of hydrogen-bond donors (Lipinski definition) is 2. The number of aliphatic imine (C=N–C) groups is 1. The average molecular weight is 439 g/mol. The van der Waals surface area contributed by atoms with Crippen molar-refractivity contribution < 1.29 is 4.42 Å². The molecule has 2 aromatic heterocycles. The van der Waals surface area contributed by atoms with Gasteiger partial charge in [-0.3, -0.25) is 4.90 Å². The van der Waals surface area contributed by atoms with Gasteiger partial charge >= 0.3 is 0 Å². The monoisotopic (exact) mass is 438 g/mol. The molecule has 0 saturated carbocycles. The van der Waals surface area contributed by atoms with Crippen molar-refractivity contribution in [2.45, 2.75) is 58.0 Å². The van der Waals surface area contributed by atoms with Crippen LogP contribution in [0.4, 0.5) is 5.82 Å². The first-order chi connectivity index (χ1) is 15.8. The molecule has 32 heavy (non-hydrogen) atoms. The van der Waals surface area contributed by atoms with Gasteiger partial charge in [-0.2, -0.15) is 0 Å². The molecule has 0 bridgehead atoms. The Morgan fingerprint density at radius 3 is 2.56 bits per heavy atom. The Balaban J connectivity index is 1.40. The molecule has 2 saturated heterocycles. The molecule has 0 aliphatic carbocycles. The number of anilines is 1. The number of guanidine groups is 1. The molecule has 2 aliphatic rings. The van der Waals surface area contributed by atoms with E-state index >= 15 is 0 Å². The summed E-state index contributed by atoms with van der Waals surface area (Å²) in [6, 6.07) is 8.56. The van der Waals surface area contributed by atoms with E-state index in [4.69, 9.17) is 9.41 Å². The molecule has 0 aromatic carbocycles. The van der Waals surface area contributed by atoms with Gasteiger partial charge in [0.25, 0.3) is 0 Å². The molecule has 1 unspecified atom stereocenters. The highest BCUT2D eigenvalue weighted by Gasteiger charge is 2.25. The topological polar surface area (TPSA) is 68.9 Å². The van der Waals surface area contributed by atoms with Crippen molar-refractivity contribution in [2.24, 2.45) is 4.99 Å². The van der Waals surface area contributed by atoms with E-state index in [-0.39, 0.29) is 6.04 Å². The van der Waals surface area contributed by atoms with E-state index in [1.54, 1.807) is 6.26 Å². The fourth-order valence-corrected chi connectivity index (χ4v) is 4.68. The van der Waals surface area contributed by atoms with E-state index in [9.17, 15) is 0 Å². The van der Waals surface area contributed by atoms with Crippen LogP contribution in [0, 0.1) is 0 Å². The number of likely N-dealkylation sites (tertiary alicyclic amines) is 1. The molecule has 2 aromatic rings. The standard InChI is InChI=1S/C25H38N6O/c1-2-26-25(29-20-22(23-10-9-17-32-23)30-13-7-8-14-30)28-19-21-11-12-27-24(18-21)31-15-5-3-4-6-16-31/h9-12,17-18,22H,2-8,13-16,19-20H2,1H3,(H2,26,28,29). The third-order valence-corrected chi connectivity index (χ3v) is 6.42. The maximum Gasteiger partial charge on any atom is 0.191 e. The zero-order valence-corrected chi connectivity index (χ0v) is 19.4. The maximum atomic E-state index is 5.76. The van der Waals surface area contributed by atoms with Gasteiger partial charge in [-0.1, -0.05) is 12.8 Å². The Hall–Kier alpha value is -2.54. The predicted octanol–water partition coefficient (Wildman–Crippen LogP) is 3.95. The van der Waals surface area contributed by atoms with Crippen molar-refractivity contribution in [1.82, 2.24) is 20.5 Å². The van der Waals surface area contributed by atoms with E-state index in [1.165, 1.54) is 44.1 Å². The largest absolute Gasteiger partial charge is 0.468 e. The van der Waals surface area contributed by atoms with E-state index in [1.807, 2.05) is 12.3 Å². The Morgan fingerprint density at radius 2 is 1.84 bits per heavy atom. The molecular formula is C25H38N6O. The number of rotatable bonds is 8. The summed E-state index contributed by atoms with van der Waals surface area (Å²) in [7, 11) is 0. The van der Waals surface area contributed by atoms with Gasteiger partial charge in [-0.05, 0) is 75.5 Å². The lowest BCUT2D eigenvalue weighted by molar-refractivity contribution is 0.215. The molecule has 2 aliphatic heterocycles. The zero-order valence-electron chi connectivity index (χ0n) is 19.4. The second-order valence-corrected chi connectivity index (χ2v) is 8.77. The van der Waals surface area contributed by atoms with Crippen molar-refractivity contribution in [3.05, 3.63) is 48.0 Å². The van der Waals surface area contributed by atoms with Crippen LogP contribution in [-0.4, -0.2) is 55.1 Å². The Bertz CT molecular complexity index is 823. The minimum atomic E-state index is 0.229. The predicted molar refractivity (Wildman–Crippen MR) is 130 cm³/mol. The van der Waals surface area contributed by atoms with Crippen molar-refractivity contribution in [3.8, 4) is 0 Å². The van der Waals surface area contributed by atoms with Crippen LogP contribution in [0.1, 0.15) is 62.8 Å². The van der Waals surface area contributed by atoms with E-state index in [0.717, 1.165) is 56.8 Å². The van der Waals surface area contributed by atoms with Gasteiger partial charge in [-0.25, -0.2) is 9.98 Å². The molecule has 0 radical (unpaired) electrons. The summed E-state index contributed by atoms with van der Waals surface area (Å²) in [6.45, 7) is 8.79. The van der Waals surface area contributed by atoms with Crippen LogP contribution in [0.5, 0.6) is 0 Å². The second-order valence-electron chi connectivity index (χ2n) is 8.77. The number of nitrogens with zero attached hydrogens (tertiary/aromatic N) is 4. The Morgan fingerprint density at radius 1 is 1.06 bits per heavy atom. The molecule has 174 valence electrons. The molecule has 7 nitrogen and oxygen atoms in total. The van der Waals surface area contributed by atoms with Gasteiger partial charge < -0.3 is 20.0 Å². The van der Waals surface area contributed by atoms with E-state index in [2.05, 4.69) is 50.5 Å². The normalized spacial score (nSPS) is 19.0. The number of aromatic nitrogens is 1. The lowest BCUT2D eigenvalue weighted by Crippen LogP contribution is -2.42. The van der Waals surface area contributed by atoms with Gasteiger partial charge in [0.2, 0.25) is 0 Å². The lowest BCUT2D eigenvalue weighted by atomic mass is 10.2. The average Bonchev–Trinajstić information content (AvgIpc) is 3.48. The summed E-state index contributed by atoms with van der Waals surface area (Å²) < 4.78 is 5.76. The molecule has 4 heterocycles. The third-order valence-electron chi connectivity index (χ3n) is 6.42. The smallest absolute Gasteiger partial charge is 0.191 e.